The first-order valence-corrected chi connectivity index (χ1v) is 10.5. The van der Waals surface area contributed by atoms with Gasteiger partial charge in [-0.3, -0.25) is 10.1 Å². The molecule has 1 aliphatic rings. The lowest BCUT2D eigenvalue weighted by Crippen LogP contribution is -2.14. The maximum atomic E-state index is 12.6. The van der Waals surface area contributed by atoms with Crippen LogP contribution in [0.4, 0.5) is 5.13 Å². The Bertz CT molecular complexity index is 768. The van der Waals surface area contributed by atoms with Gasteiger partial charge in [-0.25, -0.2) is 0 Å². The van der Waals surface area contributed by atoms with E-state index in [9.17, 15) is 4.79 Å². The average Bonchev–Trinajstić information content (AvgIpc) is 3.35. The van der Waals surface area contributed by atoms with Gasteiger partial charge in [0.05, 0.1) is 13.2 Å². The summed E-state index contributed by atoms with van der Waals surface area (Å²) in [5, 5.41) is 12.6. The molecular weight excluding hydrogens is 362 g/mol. The Kier molecular flexibility index (Phi) is 6.66. The van der Waals surface area contributed by atoms with Gasteiger partial charge in [0.25, 0.3) is 5.91 Å². The van der Waals surface area contributed by atoms with Gasteiger partial charge in [-0.1, -0.05) is 25.2 Å². The number of aromatic nitrogens is 2. The molecule has 0 saturated heterocycles. The molecule has 0 spiro atoms. The molecule has 0 radical (unpaired) electrons. The summed E-state index contributed by atoms with van der Waals surface area (Å²) in [6, 6.07) is 5.27. The number of rotatable bonds is 8. The highest BCUT2D eigenvalue weighted by atomic mass is 32.1. The Hall–Kier alpha value is -2.15. The highest BCUT2D eigenvalue weighted by Gasteiger charge is 2.20. The summed E-state index contributed by atoms with van der Waals surface area (Å²) in [5.41, 5.74) is 0.505. The predicted octanol–water partition coefficient (Wildman–Crippen LogP) is 5.02. The molecule has 1 aliphatic carbocycles. The van der Waals surface area contributed by atoms with Gasteiger partial charge in [0.1, 0.15) is 5.01 Å². The third-order valence-corrected chi connectivity index (χ3v) is 6.02. The number of carbonyl (C=O) groups excluding carboxylic acids is 1. The monoisotopic (exact) mass is 389 g/mol. The van der Waals surface area contributed by atoms with E-state index in [0.717, 1.165) is 30.7 Å². The second kappa shape index (κ2) is 9.17. The molecular formula is C20H27N3O3S. The lowest BCUT2D eigenvalue weighted by molar-refractivity contribution is 0.102. The van der Waals surface area contributed by atoms with Crippen LogP contribution in [0.3, 0.4) is 0 Å². The van der Waals surface area contributed by atoms with Gasteiger partial charge in [-0.05, 0) is 56.7 Å². The van der Waals surface area contributed by atoms with E-state index in [1.807, 2.05) is 6.07 Å². The van der Waals surface area contributed by atoms with Crippen molar-refractivity contribution in [2.75, 3.05) is 12.4 Å². The van der Waals surface area contributed by atoms with E-state index in [1.54, 1.807) is 19.2 Å². The van der Waals surface area contributed by atoms with Crippen molar-refractivity contribution in [2.45, 2.75) is 64.4 Å². The zero-order chi connectivity index (χ0) is 19.2. The second-order valence-electron chi connectivity index (χ2n) is 6.80. The van der Waals surface area contributed by atoms with Crippen LogP contribution in [0.1, 0.15) is 73.7 Å². The molecule has 27 heavy (non-hydrogen) atoms. The molecule has 6 nitrogen and oxygen atoms in total. The zero-order valence-electron chi connectivity index (χ0n) is 16.2. The minimum atomic E-state index is -0.229. The van der Waals surface area contributed by atoms with E-state index < -0.39 is 0 Å². The van der Waals surface area contributed by atoms with Crippen LogP contribution in [0.2, 0.25) is 0 Å². The molecule has 2 aromatic rings. The third kappa shape index (κ3) is 4.77. The largest absolute Gasteiger partial charge is 0.493 e. The van der Waals surface area contributed by atoms with E-state index in [4.69, 9.17) is 9.47 Å². The number of anilines is 1. The standard InChI is InChI=1S/C20H27N3O3S/c1-4-13(5-2)19-22-23-20(27-19)21-18(24)14-10-11-16(17(12-14)25-3)26-15-8-6-7-9-15/h10-13,15H,4-9H2,1-3H3,(H,21,23,24). The number of nitrogens with zero attached hydrogens (tertiary/aromatic N) is 2. The number of carbonyl (C=O) groups is 1. The third-order valence-electron chi connectivity index (χ3n) is 5.02. The number of ether oxygens (including phenoxy) is 2. The summed E-state index contributed by atoms with van der Waals surface area (Å²) in [6.45, 7) is 4.27. The highest BCUT2D eigenvalue weighted by Crippen LogP contribution is 2.33. The van der Waals surface area contributed by atoms with Crippen molar-refractivity contribution in [3.63, 3.8) is 0 Å². The minimum absolute atomic E-state index is 0.229. The summed E-state index contributed by atoms with van der Waals surface area (Å²) < 4.78 is 11.5. The van der Waals surface area contributed by atoms with Crippen LogP contribution >= 0.6 is 11.3 Å². The fourth-order valence-corrected chi connectivity index (χ4v) is 4.35. The van der Waals surface area contributed by atoms with E-state index in [0.29, 0.717) is 28.1 Å². The van der Waals surface area contributed by atoms with Crippen LogP contribution in [0, 0.1) is 0 Å². The summed E-state index contributed by atoms with van der Waals surface area (Å²) in [6.07, 6.45) is 6.81. The van der Waals surface area contributed by atoms with Crippen molar-refractivity contribution in [1.82, 2.24) is 10.2 Å². The van der Waals surface area contributed by atoms with Gasteiger partial charge in [-0.15, -0.1) is 10.2 Å². The predicted molar refractivity (Wildman–Crippen MR) is 107 cm³/mol. The molecule has 1 aromatic heterocycles. The molecule has 7 heteroatoms. The fraction of sp³-hybridized carbons (Fsp3) is 0.550. The van der Waals surface area contributed by atoms with E-state index in [-0.39, 0.29) is 12.0 Å². The lowest BCUT2D eigenvalue weighted by Gasteiger charge is -2.16. The van der Waals surface area contributed by atoms with Crippen LogP contribution in [0.25, 0.3) is 0 Å². The van der Waals surface area contributed by atoms with Crippen molar-refractivity contribution >= 4 is 22.4 Å². The number of nitrogens with one attached hydrogen (secondary N) is 1. The first-order valence-electron chi connectivity index (χ1n) is 9.64. The van der Waals surface area contributed by atoms with Gasteiger partial charge in [-0.2, -0.15) is 0 Å². The molecule has 0 unspecified atom stereocenters. The molecule has 1 amide bonds. The minimum Gasteiger partial charge on any atom is -0.493 e. The van der Waals surface area contributed by atoms with Gasteiger partial charge in [0, 0.05) is 11.5 Å². The molecule has 3 rings (SSSR count). The summed E-state index contributed by atoms with van der Waals surface area (Å²) >= 11 is 1.44. The normalized spacial score (nSPS) is 14.5. The number of amides is 1. The van der Waals surface area contributed by atoms with E-state index >= 15 is 0 Å². The zero-order valence-corrected chi connectivity index (χ0v) is 17.0. The van der Waals surface area contributed by atoms with Crippen LogP contribution in [-0.2, 0) is 0 Å². The van der Waals surface area contributed by atoms with Crippen molar-refractivity contribution in [1.29, 1.82) is 0 Å². The summed E-state index contributed by atoms with van der Waals surface area (Å²) in [4.78, 5) is 12.6. The molecule has 1 heterocycles. The first-order chi connectivity index (χ1) is 13.1. The van der Waals surface area contributed by atoms with E-state index in [2.05, 4.69) is 29.4 Å². The van der Waals surface area contributed by atoms with Crippen molar-refractivity contribution in [2.24, 2.45) is 0 Å². The maximum absolute atomic E-state index is 12.6. The Labute approximate surface area is 164 Å². The van der Waals surface area contributed by atoms with Gasteiger partial charge in [0.15, 0.2) is 11.5 Å². The number of benzene rings is 1. The Morgan fingerprint density at radius 3 is 2.63 bits per heavy atom. The molecule has 0 aliphatic heterocycles. The van der Waals surface area contributed by atoms with Crippen molar-refractivity contribution in [3.05, 3.63) is 28.8 Å². The topological polar surface area (TPSA) is 73.3 Å². The molecule has 0 atom stereocenters. The second-order valence-corrected chi connectivity index (χ2v) is 7.81. The molecule has 1 saturated carbocycles. The molecule has 1 N–H and O–H groups in total. The Morgan fingerprint density at radius 2 is 1.96 bits per heavy atom. The molecule has 0 bridgehead atoms. The van der Waals surface area contributed by atoms with E-state index in [1.165, 1.54) is 24.2 Å². The van der Waals surface area contributed by atoms with Gasteiger partial charge >= 0.3 is 0 Å². The highest BCUT2D eigenvalue weighted by molar-refractivity contribution is 7.15. The van der Waals surface area contributed by atoms with Crippen molar-refractivity contribution < 1.29 is 14.3 Å². The van der Waals surface area contributed by atoms with Gasteiger partial charge in [0.2, 0.25) is 5.13 Å². The van der Waals surface area contributed by atoms with Crippen LogP contribution in [0.5, 0.6) is 11.5 Å². The Balaban J connectivity index is 1.69. The Morgan fingerprint density at radius 1 is 1.22 bits per heavy atom. The maximum Gasteiger partial charge on any atom is 0.257 e. The smallest absolute Gasteiger partial charge is 0.257 e. The SMILES string of the molecule is CCC(CC)c1nnc(NC(=O)c2ccc(OC3CCCC3)c(OC)c2)s1. The number of methoxy groups -OCH3 is 1. The number of hydrogen-bond acceptors (Lipinski definition) is 6. The van der Waals surface area contributed by atoms with Crippen molar-refractivity contribution in [3.8, 4) is 11.5 Å². The van der Waals surface area contributed by atoms with Crippen LogP contribution < -0.4 is 14.8 Å². The molecule has 1 aromatic carbocycles. The molecule has 1 fully saturated rings. The fourth-order valence-electron chi connectivity index (χ4n) is 3.35. The summed E-state index contributed by atoms with van der Waals surface area (Å²) in [5.74, 6) is 1.42. The first kappa shape index (κ1) is 19.6. The quantitative estimate of drug-likeness (QED) is 0.686. The average molecular weight is 390 g/mol. The van der Waals surface area contributed by atoms with Crippen LogP contribution in [-0.4, -0.2) is 29.3 Å². The number of hydrogen-bond donors (Lipinski definition) is 1. The summed E-state index contributed by atoms with van der Waals surface area (Å²) in [7, 11) is 1.59. The van der Waals surface area contributed by atoms with Crippen LogP contribution in [0.15, 0.2) is 18.2 Å². The molecule has 146 valence electrons. The lowest BCUT2D eigenvalue weighted by atomic mass is 10.1. The van der Waals surface area contributed by atoms with Gasteiger partial charge < -0.3 is 9.47 Å².